The first kappa shape index (κ1) is 17.2. The maximum absolute atomic E-state index is 12.1. The number of nitrogens with one attached hydrogen (secondary N) is 3. The minimum atomic E-state index is -0.184. The molecule has 0 aromatic carbocycles. The molecule has 140 valence electrons. The third-order valence-electron chi connectivity index (χ3n) is 5.57. The van der Waals surface area contributed by atoms with Crippen molar-refractivity contribution in [3.8, 4) is 0 Å². The van der Waals surface area contributed by atoms with Crippen LogP contribution in [0.4, 0.5) is 0 Å². The number of ether oxygens (including phenoxy) is 1. The van der Waals surface area contributed by atoms with Gasteiger partial charge in [-0.3, -0.25) is 9.69 Å². The summed E-state index contributed by atoms with van der Waals surface area (Å²) < 4.78 is 6.17. The van der Waals surface area contributed by atoms with Gasteiger partial charge in [0.2, 0.25) is 11.8 Å². The molecular weight excluding hydrogens is 322 g/mol. The molecule has 2 saturated heterocycles. The molecule has 0 aromatic heterocycles. The SMILES string of the molecule is CC1=NC(CNC(=O)CN2CCC3(CC2)CC(NC2CC2)CO3)NO1. The van der Waals surface area contributed by atoms with E-state index in [-0.39, 0.29) is 17.7 Å². The van der Waals surface area contributed by atoms with Gasteiger partial charge in [-0.05, 0) is 32.1 Å². The van der Waals surface area contributed by atoms with E-state index in [1.807, 2.05) is 0 Å². The number of carbonyl (C=O) groups is 1. The fourth-order valence-corrected chi connectivity index (χ4v) is 3.98. The van der Waals surface area contributed by atoms with Crippen molar-refractivity contribution in [3.63, 3.8) is 0 Å². The summed E-state index contributed by atoms with van der Waals surface area (Å²) in [4.78, 5) is 23.6. The molecule has 0 radical (unpaired) electrons. The van der Waals surface area contributed by atoms with Crippen LogP contribution in [0.2, 0.25) is 0 Å². The smallest absolute Gasteiger partial charge is 0.234 e. The molecule has 1 aliphatic carbocycles. The van der Waals surface area contributed by atoms with Gasteiger partial charge in [-0.25, -0.2) is 4.99 Å². The van der Waals surface area contributed by atoms with Gasteiger partial charge in [0.05, 0.1) is 25.3 Å². The number of amides is 1. The van der Waals surface area contributed by atoms with Crippen molar-refractivity contribution < 1.29 is 14.4 Å². The van der Waals surface area contributed by atoms with Crippen molar-refractivity contribution >= 4 is 11.8 Å². The zero-order valence-corrected chi connectivity index (χ0v) is 14.9. The Hall–Kier alpha value is -1.22. The average molecular weight is 351 g/mol. The number of hydrogen-bond donors (Lipinski definition) is 3. The van der Waals surface area contributed by atoms with E-state index in [9.17, 15) is 4.79 Å². The summed E-state index contributed by atoms with van der Waals surface area (Å²) in [6.45, 7) is 5.36. The normalized spacial score (nSPS) is 31.8. The number of likely N-dealkylation sites (tertiary alicyclic amines) is 1. The second-order valence-corrected chi connectivity index (χ2v) is 7.80. The molecule has 4 aliphatic rings. The van der Waals surface area contributed by atoms with E-state index in [4.69, 9.17) is 9.57 Å². The molecular formula is C17H29N5O3. The molecule has 2 atom stereocenters. The van der Waals surface area contributed by atoms with Gasteiger partial charge in [-0.2, -0.15) is 0 Å². The predicted octanol–water partition coefficient (Wildman–Crippen LogP) is -0.243. The molecule has 1 amide bonds. The molecule has 0 aromatic rings. The number of hydrogen-bond acceptors (Lipinski definition) is 7. The van der Waals surface area contributed by atoms with E-state index in [1.54, 1.807) is 6.92 Å². The molecule has 25 heavy (non-hydrogen) atoms. The van der Waals surface area contributed by atoms with Crippen LogP contribution < -0.4 is 16.1 Å². The van der Waals surface area contributed by atoms with Crippen molar-refractivity contribution in [1.82, 2.24) is 21.0 Å². The van der Waals surface area contributed by atoms with Crippen molar-refractivity contribution in [3.05, 3.63) is 0 Å². The summed E-state index contributed by atoms with van der Waals surface area (Å²) in [5.41, 5.74) is 2.80. The van der Waals surface area contributed by atoms with Gasteiger partial charge in [0.25, 0.3) is 0 Å². The van der Waals surface area contributed by atoms with Gasteiger partial charge < -0.3 is 20.2 Å². The number of rotatable bonds is 6. The molecule has 3 fully saturated rings. The van der Waals surface area contributed by atoms with Crippen molar-refractivity contribution in [2.75, 3.05) is 32.8 Å². The van der Waals surface area contributed by atoms with Crippen LogP contribution in [0.5, 0.6) is 0 Å². The Bertz CT molecular complexity index is 528. The lowest BCUT2D eigenvalue weighted by Gasteiger charge is -2.38. The first-order valence-corrected chi connectivity index (χ1v) is 9.46. The number of nitrogens with zero attached hydrogens (tertiary/aromatic N) is 2. The molecule has 4 rings (SSSR count). The lowest BCUT2D eigenvalue weighted by molar-refractivity contribution is -0.123. The van der Waals surface area contributed by atoms with Gasteiger partial charge in [-0.1, -0.05) is 0 Å². The first-order chi connectivity index (χ1) is 12.1. The van der Waals surface area contributed by atoms with E-state index in [1.165, 1.54) is 12.8 Å². The van der Waals surface area contributed by atoms with Gasteiger partial charge in [-0.15, -0.1) is 5.48 Å². The highest BCUT2D eigenvalue weighted by Crippen LogP contribution is 2.36. The van der Waals surface area contributed by atoms with E-state index in [0.29, 0.717) is 25.0 Å². The van der Waals surface area contributed by atoms with E-state index in [2.05, 4.69) is 26.0 Å². The molecule has 3 aliphatic heterocycles. The summed E-state index contributed by atoms with van der Waals surface area (Å²) >= 11 is 0. The van der Waals surface area contributed by atoms with Crippen LogP contribution in [0.1, 0.15) is 39.0 Å². The Morgan fingerprint density at radius 3 is 2.84 bits per heavy atom. The molecule has 3 heterocycles. The lowest BCUT2D eigenvalue weighted by atomic mass is 9.87. The zero-order valence-electron chi connectivity index (χ0n) is 14.9. The molecule has 8 heteroatoms. The minimum Gasteiger partial charge on any atom is -0.392 e. The summed E-state index contributed by atoms with van der Waals surface area (Å²) in [5.74, 6) is 0.643. The Kier molecular flexibility index (Phi) is 4.95. The summed E-state index contributed by atoms with van der Waals surface area (Å²) in [6, 6.07) is 1.26. The van der Waals surface area contributed by atoms with Crippen molar-refractivity contribution in [2.24, 2.45) is 4.99 Å². The van der Waals surface area contributed by atoms with Crippen LogP contribution in [0.15, 0.2) is 4.99 Å². The Balaban J connectivity index is 1.15. The van der Waals surface area contributed by atoms with Crippen LogP contribution in [0.25, 0.3) is 0 Å². The molecule has 0 bridgehead atoms. The van der Waals surface area contributed by atoms with Crippen LogP contribution in [-0.4, -0.2) is 73.3 Å². The Labute approximate surface area is 148 Å². The zero-order chi connectivity index (χ0) is 17.3. The van der Waals surface area contributed by atoms with Gasteiger partial charge >= 0.3 is 0 Å². The van der Waals surface area contributed by atoms with Crippen LogP contribution >= 0.6 is 0 Å². The summed E-state index contributed by atoms with van der Waals surface area (Å²) in [5, 5.41) is 6.60. The highest BCUT2D eigenvalue weighted by atomic mass is 16.7. The topological polar surface area (TPSA) is 87.2 Å². The second kappa shape index (κ2) is 7.19. The van der Waals surface area contributed by atoms with Crippen LogP contribution in [-0.2, 0) is 14.4 Å². The quantitative estimate of drug-likeness (QED) is 0.612. The highest BCUT2D eigenvalue weighted by Gasteiger charge is 2.43. The molecule has 1 spiro atoms. The standard InChI is InChI=1S/C17H29N5O3/c1-12-19-15(21-25-12)9-18-16(23)10-22-6-4-17(5-7-22)8-14(11-24-17)20-13-2-3-13/h13-15,20-21H,2-11H2,1H3,(H,18,23). The van der Waals surface area contributed by atoms with Crippen LogP contribution in [0, 0.1) is 0 Å². The fourth-order valence-electron chi connectivity index (χ4n) is 3.98. The van der Waals surface area contributed by atoms with E-state index >= 15 is 0 Å². The Morgan fingerprint density at radius 1 is 1.36 bits per heavy atom. The monoisotopic (exact) mass is 351 g/mol. The van der Waals surface area contributed by atoms with Crippen molar-refractivity contribution in [1.29, 1.82) is 0 Å². The van der Waals surface area contributed by atoms with Gasteiger partial charge in [0.1, 0.15) is 0 Å². The molecule has 3 N–H and O–H groups in total. The largest absolute Gasteiger partial charge is 0.392 e. The second-order valence-electron chi connectivity index (χ2n) is 7.80. The molecule has 1 saturated carbocycles. The fraction of sp³-hybridized carbons (Fsp3) is 0.882. The summed E-state index contributed by atoms with van der Waals surface area (Å²) in [6.07, 6.45) is 5.61. The first-order valence-electron chi connectivity index (χ1n) is 9.46. The van der Waals surface area contributed by atoms with Crippen molar-refractivity contribution in [2.45, 2.75) is 62.9 Å². The van der Waals surface area contributed by atoms with Gasteiger partial charge in [0.15, 0.2) is 6.17 Å². The Morgan fingerprint density at radius 2 is 2.16 bits per heavy atom. The van der Waals surface area contributed by atoms with E-state index in [0.717, 1.165) is 45.0 Å². The molecule has 8 nitrogen and oxygen atoms in total. The number of hydroxylamine groups is 1. The van der Waals surface area contributed by atoms with Crippen LogP contribution in [0.3, 0.4) is 0 Å². The number of carbonyl (C=O) groups excluding carboxylic acids is 1. The number of aliphatic imine (C=N–C) groups is 1. The predicted molar refractivity (Wildman–Crippen MR) is 93.0 cm³/mol. The maximum Gasteiger partial charge on any atom is 0.234 e. The lowest BCUT2D eigenvalue weighted by Crippen LogP contribution is -2.48. The van der Waals surface area contributed by atoms with E-state index < -0.39 is 0 Å². The third kappa shape index (κ3) is 4.49. The average Bonchev–Trinajstić information content (AvgIpc) is 3.18. The summed E-state index contributed by atoms with van der Waals surface area (Å²) in [7, 11) is 0. The maximum atomic E-state index is 12.1. The minimum absolute atomic E-state index is 0.0386. The molecule has 2 unspecified atom stereocenters. The van der Waals surface area contributed by atoms with Gasteiger partial charge in [0, 0.05) is 32.1 Å². The highest BCUT2D eigenvalue weighted by molar-refractivity contribution is 5.78. The third-order valence-corrected chi connectivity index (χ3v) is 5.57. The number of piperidine rings is 1.